The molecule has 5 heteroatoms. The molecule has 1 N–H and O–H groups in total. The second kappa shape index (κ2) is 7.53. The minimum absolute atomic E-state index is 0.00105. The van der Waals surface area contributed by atoms with Crippen LogP contribution in [0.25, 0.3) is 0 Å². The highest BCUT2D eigenvalue weighted by Crippen LogP contribution is 2.38. The normalized spacial score (nSPS) is 28.3. The van der Waals surface area contributed by atoms with Gasteiger partial charge in [0.15, 0.2) is 0 Å². The van der Waals surface area contributed by atoms with Gasteiger partial charge in [-0.1, -0.05) is 17.9 Å². The molecule has 0 amide bonds. The standard InChI is InChI=1S/C16H14O5/c1-12(18)19-11-7-9-14-16(21-14)15-13(20-15)8-5-3-2-4-6-10-17/h7,9,13-17H,10-11H2,1H3/b9-7+/t13-,14+,15+,16-/m0/s1. The SMILES string of the molecule is CC(=O)OC/C=C/[C@H]1O[C@@H]1[C@@H]1O[C@H]1C#CC#CC#CCO. The van der Waals surface area contributed by atoms with Crippen LogP contribution in [0.1, 0.15) is 6.92 Å². The molecule has 5 nitrogen and oxygen atoms in total. The second-order valence-corrected chi connectivity index (χ2v) is 4.30. The van der Waals surface area contributed by atoms with Crippen LogP contribution in [0.4, 0.5) is 0 Å². The molecule has 2 aliphatic heterocycles. The van der Waals surface area contributed by atoms with Crippen LogP contribution in [0, 0.1) is 35.5 Å². The summed E-state index contributed by atoms with van der Waals surface area (Å²) < 4.78 is 15.6. The summed E-state index contributed by atoms with van der Waals surface area (Å²) in [6, 6.07) is 0. The number of esters is 1. The van der Waals surface area contributed by atoms with Crippen LogP contribution in [-0.4, -0.2) is 48.7 Å². The highest BCUT2D eigenvalue weighted by Gasteiger charge is 2.56. The summed E-state index contributed by atoms with van der Waals surface area (Å²) in [6.45, 7) is 1.41. The smallest absolute Gasteiger partial charge is 0.302 e. The molecular weight excluding hydrogens is 272 g/mol. The average molecular weight is 286 g/mol. The summed E-state index contributed by atoms with van der Waals surface area (Å²) in [5, 5.41) is 8.41. The third-order valence-electron chi connectivity index (χ3n) is 2.69. The van der Waals surface area contributed by atoms with E-state index in [0.29, 0.717) is 0 Å². The first-order valence-electron chi connectivity index (χ1n) is 6.42. The maximum Gasteiger partial charge on any atom is 0.302 e. The average Bonchev–Trinajstić information content (AvgIpc) is 3.33. The van der Waals surface area contributed by atoms with Gasteiger partial charge in [-0.05, 0) is 29.8 Å². The Kier molecular flexibility index (Phi) is 5.43. The highest BCUT2D eigenvalue weighted by atomic mass is 16.7. The number of aliphatic hydroxyl groups is 1. The van der Waals surface area contributed by atoms with Crippen LogP contribution in [-0.2, 0) is 19.0 Å². The second-order valence-electron chi connectivity index (χ2n) is 4.30. The van der Waals surface area contributed by atoms with Crippen molar-refractivity contribution in [2.24, 2.45) is 0 Å². The summed E-state index contributed by atoms with van der Waals surface area (Å²) in [4.78, 5) is 10.6. The van der Waals surface area contributed by atoms with E-state index in [9.17, 15) is 4.79 Å². The van der Waals surface area contributed by atoms with Crippen LogP contribution in [0.15, 0.2) is 12.2 Å². The highest BCUT2D eigenvalue weighted by molar-refractivity contribution is 5.66. The van der Waals surface area contributed by atoms with Gasteiger partial charge in [0.2, 0.25) is 0 Å². The van der Waals surface area contributed by atoms with Gasteiger partial charge in [0, 0.05) is 6.92 Å². The molecular formula is C16H14O5. The van der Waals surface area contributed by atoms with E-state index in [1.165, 1.54) is 6.92 Å². The zero-order chi connectivity index (χ0) is 15.1. The molecule has 0 aromatic carbocycles. The van der Waals surface area contributed by atoms with Gasteiger partial charge in [0.05, 0.1) is 0 Å². The van der Waals surface area contributed by atoms with E-state index in [1.54, 1.807) is 6.08 Å². The third kappa shape index (κ3) is 5.34. The first-order chi connectivity index (χ1) is 10.2. The molecule has 2 aliphatic rings. The fourth-order valence-electron chi connectivity index (χ4n) is 1.65. The lowest BCUT2D eigenvalue weighted by atomic mass is 10.2. The molecule has 2 rings (SSSR count). The van der Waals surface area contributed by atoms with E-state index >= 15 is 0 Å². The molecule has 0 radical (unpaired) electrons. The fraction of sp³-hybridized carbons (Fsp3) is 0.438. The third-order valence-corrected chi connectivity index (χ3v) is 2.69. The summed E-state index contributed by atoms with van der Waals surface area (Å²) in [5.74, 6) is 15.1. The first-order valence-corrected chi connectivity index (χ1v) is 6.42. The van der Waals surface area contributed by atoms with Crippen LogP contribution in [0.5, 0.6) is 0 Å². The molecule has 0 aliphatic carbocycles. The Morgan fingerprint density at radius 1 is 1.24 bits per heavy atom. The van der Waals surface area contributed by atoms with E-state index in [1.807, 2.05) is 6.08 Å². The lowest BCUT2D eigenvalue weighted by Gasteiger charge is -1.93. The monoisotopic (exact) mass is 286 g/mol. The van der Waals surface area contributed by atoms with Crippen LogP contribution >= 0.6 is 0 Å². The molecule has 0 aromatic rings. The van der Waals surface area contributed by atoms with Crippen LogP contribution in [0.2, 0.25) is 0 Å². The summed E-state index contributed by atoms with van der Waals surface area (Å²) in [6.07, 6.45) is 3.44. The Morgan fingerprint density at radius 3 is 2.81 bits per heavy atom. The number of aliphatic hydroxyl groups excluding tert-OH is 1. The Labute approximate surface area is 123 Å². The number of hydrogen-bond acceptors (Lipinski definition) is 5. The molecule has 21 heavy (non-hydrogen) atoms. The molecule has 0 bridgehead atoms. The van der Waals surface area contributed by atoms with Crippen molar-refractivity contribution in [3.05, 3.63) is 12.2 Å². The van der Waals surface area contributed by atoms with Crippen molar-refractivity contribution in [3.63, 3.8) is 0 Å². The van der Waals surface area contributed by atoms with Gasteiger partial charge < -0.3 is 19.3 Å². The molecule has 0 spiro atoms. The molecule has 2 fully saturated rings. The number of epoxide rings is 2. The number of ether oxygens (including phenoxy) is 3. The van der Waals surface area contributed by atoms with Crippen molar-refractivity contribution in [1.82, 2.24) is 0 Å². The van der Waals surface area contributed by atoms with Gasteiger partial charge in [0.25, 0.3) is 0 Å². The van der Waals surface area contributed by atoms with Crippen molar-refractivity contribution < 1.29 is 24.1 Å². The molecule has 4 atom stereocenters. The van der Waals surface area contributed by atoms with Crippen molar-refractivity contribution in [1.29, 1.82) is 0 Å². The number of carbonyl (C=O) groups excluding carboxylic acids is 1. The zero-order valence-corrected chi connectivity index (χ0v) is 11.5. The van der Waals surface area contributed by atoms with E-state index < -0.39 is 0 Å². The molecule has 2 saturated heterocycles. The van der Waals surface area contributed by atoms with Crippen LogP contribution < -0.4 is 0 Å². The minimum Gasteiger partial charge on any atom is -0.462 e. The van der Waals surface area contributed by atoms with Gasteiger partial charge >= 0.3 is 5.97 Å². The van der Waals surface area contributed by atoms with Crippen molar-refractivity contribution in [2.45, 2.75) is 31.3 Å². The number of hydrogen-bond donors (Lipinski definition) is 1. The molecule has 108 valence electrons. The Hall–Kier alpha value is -2.23. The maximum absolute atomic E-state index is 10.6. The van der Waals surface area contributed by atoms with Gasteiger partial charge in [-0.15, -0.1) is 0 Å². The summed E-state index contributed by atoms with van der Waals surface area (Å²) in [5.41, 5.74) is 0. The minimum atomic E-state index is -0.307. The Morgan fingerprint density at radius 2 is 2.05 bits per heavy atom. The quantitative estimate of drug-likeness (QED) is 0.331. The predicted octanol–water partition coefficient (Wildman–Crippen LogP) is -0.357. The Balaban J connectivity index is 1.65. The number of carbonyl (C=O) groups is 1. The van der Waals surface area contributed by atoms with Gasteiger partial charge in [-0.2, -0.15) is 0 Å². The van der Waals surface area contributed by atoms with E-state index in [2.05, 4.69) is 35.5 Å². The zero-order valence-electron chi connectivity index (χ0n) is 11.5. The van der Waals surface area contributed by atoms with E-state index in [4.69, 9.17) is 19.3 Å². The van der Waals surface area contributed by atoms with Gasteiger partial charge in [0.1, 0.15) is 37.6 Å². The number of rotatable bonds is 4. The predicted molar refractivity (Wildman–Crippen MR) is 73.5 cm³/mol. The first kappa shape index (κ1) is 15.2. The summed E-state index contributed by atoms with van der Waals surface area (Å²) >= 11 is 0. The molecule has 0 saturated carbocycles. The lowest BCUT2D eigenvalue weighted by Crippen LogP contribution is -2.04. The maximum atomic E-state index is 10.6. The van der Waals surface area contributed by atoms with E-state index in [-0.39, 0.29) is 43.6 Å². The molecule has 2 heterocycles. The Bertz CT molecular complexity index is 602. The van der Waals surface area contributed by atoms with Gasteiger partial charge in [-0.25, -0.2) is 0 Å². The van der Waals surface area contributed by atoms with E-state index in [0.717, 1.165) is 0 Å². The lowest BCUT2D eigenvalue weighted by molar-refractivity contribution is -0.139. The fourth-order valence-corrected chi connectivity index (χ4v) is 1.65. The van der Waals surface area contributed by atoms with Crippen LogP contribution in [0.3, 0.4) is 0 Å². The summed E-state index contributed by atoms with van der Waals surface area (Å²) in [7, 11) is 0. The molecule has 0 aromatic heterocycles. The largest absolute Gasteiger partial charge is 0.462 e. The molecule has 0 unspecified atom stereocenters. The van der Waals surface area contributed by atoms with Crippen molar-refractivity contribution in [3.8, 4) is 35.5 Å². The van der Waals surface area contributed by atoms with Crippen molar-refractivity contribution >= 4 is 5.97 Å². The topological polar surface area (TPSA) is 71.6 Å². The van der Waals surface area contributed by atoms with Gasteiger partial charge in [-0.3, -0.25) is 4.79 Å². The van der Waals surface area contributed by atoms with Crippen molar-refractivity contribution in [2.75, 3.05) is 13.2 Å².